The first-order valence-electron chi connectivity index (χ1n) is 6.28. The lowest BCUT2D eigenvalue weighted by Crippen LogP contribution is -2.33. The maximum atomic E-state index is 12.1. The van der Waals surface area contributed by atoms with Gasteiger partial charge in [-0.05, 0) is 49.6 Å². The van der Waals surface area contributed by atoms with Crippen LogP contribution in [0, 0.1) is 0 Å². The molecule has 0 radical (unpaired) electrons. The maximum absolute atomic E-state index is 12.1. The molecule has 0 aromatic carbocycles. The number of aryl methyl sites for hydroxylation is 1. The molecule has 1 aliphatic rings. The summed E-state index contributed by atoms with van der Waals surface area (Å²) < 4.78 is 0. The number of nitrogens with one attached hydrogen (secondary N) is 1. The maximum Gasteiger partial charge on any atom is 0.227 e. The van der Waals surface area contributed by atoms with Crippen molar-refractivity contribution in [2.45, 2.75) is 44.6 Å². The van der Waals surface area contributed by atoms with E-state index in [1.165, 1.54) is 10.4 Å². The number of fused-ring (bicyclic) bond motifs is 1. The van der Waals surface area contributed by atoms with Gasteiger partial charge in [-0.25, -0.2) is 0 Å². The zero-order chi connectivity index (χ0) is 12.3. The minimum absolute atomic E-state index is 0.0677. The molecule has 1 aromatic heterocycles. The highest BCUT2D eigenvalue weighted by atomic mass is 32.1. The van der Waals surface area contributed by atoms with Gasteiger partial charge in [0.15, 0.2) is 0 Å². The van der Waals surface area contributed by atoms with Gasteiger partial charge in [-0.15, -0.1) is 11.3 Å². The summed E-state index contributed by atoms with van der Waals surface area (Å²) in [5.41, 5.74) is 6.92. The molecule has 0 aliphatic heterocycles. The number of hydrogen-bond acceptors (Lipinski definition) is 3. The summed E-state index contributed by atoms with van der Waals surface area (Å²) in [5, 5.41) is 5.10. The van der Waals surface area contributed by atoms with Crippen LogP contribution in [0.15, 0.2) is 11.4 Å². The molecule has 0 saturated carbocycles. The minimum atomic E-state index is 0.0677. The normalized spacial score (nSPS) is 20.7. The van der Waals surface area contributed by atoms with Crippen molar-refractivity contribution in [2.24, 2.45) is 5.73 Å². The summed E-state index contributed by atoms with van der Waals surface area (Å²) in [6, 6.07) is 2.26. The van der Waals surface area contributed by atoms with Crippen LogP contribution in [0.4, 0.5) is 0 Å². The second-order valence-corrected chi connectivity index (χ2v) is 5.80. The van der Waals surface area contributed by atoms with Crippen LogP contribution in [0.5, 0.6) is 0 Å². The lowest BCUT2D eigenvalue weighted by Gasteiger charge is -2.22. The van der Waals surface area contributed by atoms with E-state index in [0.717, 1.165) is 25.7 Å². The number of nitrogens with two attached hydrogens (primary N) is 1. The van der Waals surface area contributed by atoms with Crippen LogP contribution in [0.1, 0.15) is 42.5 Å². The van der Waals surface area contributed by atoms with Gasteiger partial charge in [-0.2, -0.15) is 0 Å². The lowest BCUT2D eigenvalue weighted by atomic mass is 9.87. The van der Waals surface area contributed by atoms with Crippen LogP contribution < -0.4 is 11.1 Å². The van der Waals surface area contributed by atoms with Gasteiger partial charge in [0.25, 0.3) is 0 Å². The van der Waals surface area contributed by atoms with E-state index in [2.05, 4.69) is 16.8 Å². The molecule has 0 saturated heterocycles. The largest absolute Gasteiger partial charge is 0.356 e. The molecule has 2 unspecified atom stereocenters. The molecule has 3 nitrogen and oxygen atoms in total. The summed E-state index contributed by atoms with van der Waals surface area (Å²) in [6.07, 6.45) is 4.08. The highest BCUT2D eigenvalue weighted by molar-refractivity contribution is 7.10. The number of hydrogen-bond donors (Lipinski definition) is 2. The summed E-state index contributed by atoms with van der Waals surface area (Å²) in [6.45, 7) is 2.65. The van der Waals surface area contributed by atoms with E-state index in [1.54, 1.807) is 11.3 Å². The van der Waals surface area contributed by atoms with Crippen LogP contribution in [0.25, 0.3) is 0 Å². The van der Waals surface area contributed by atoms with Crippen LogP contribution in [-0.2, 0) is 11.2 Å². The molecule has 0 fully saturated rings. The number of carbonyl (C=O) groups excluding carboxylic acids is 1. The third kappa shape index (κ3) is 3.07. The van der Waals surface area contributed by atoms with E-state index < -0.39 is 0 Å². The first-order valence-corrected chi connectivity index (χ1v) is 7.16. The van der Waals surface area contributed by atoms with E-state index in [1.807, 2.05) is 6.92 Å². The van der Waals surface area contributed by atoms with Crippen LogP contribution >= 0.6 is 11.3 Å². The van der Waals surface area contributed by atoms with Crippen molar-refractivity contribution >= 4 is 17.2 Å². The molecule has 3 N–H and O–H groups in total. The summed E-state index contributed by atoms with van der Waals surface area (Å²) in [5.74, 6) is 0.239. The Kier molecular flexibility index (Phi) is 4.18. The third-order valence-corrected chi connectivity index (χ3v) is 4.26. The fraction of sp³-hybridized carbons (Fsp3) is 0.615. The molecule has 1 aromatic rings. The van der Waals surface area contributed by atoms with Crippen molar-refractivity contribution < 1.29 is 4.79 Å². The van der Waals surface area contributed by atoms with Crippen molar-refractivity contribution in [3.63, 3.8) is 0 Å². The average Bonchev–Trinajstić information content (AvgIpc) is 2.75. The van der Waals surface area contributed by atoms with Crippen molar-refractivity contribution in [2.75, 3.05) is 6.54 Å². The Bertz CT molecular complexity index is 387. The Morgan fingerprint density at radius 2 is 2.53 bits per heavy atom. The number of amides is 1. The molecule has 1 aliphatic carbocycles. The molecule has 4 heteroatoms. The van der Waals surface area contributed by atoms with Gasteiger partial charge < -0.3 is 11.1 Å². The number of rotatable bonds is 4. The number of thiophene rings is 1. The molecule has 17 heavy (non-hydrogen) atoms. The van der Waals surface area contributed by atoms with E-state index in [9.17, 15) is 4.79 Å². The van der Waals surface area contributed by atoms with Crippen LogP contribution in [0.3, 0.4) is 0 Å². The second kappa shape index (κ2) is 5.65. The SMILES string of the molecule is CC(N)CCNC(=O)C1CCCc2sccc21. The van der Waals surface area contributed by atoms with E-state index >= 15 is 0 Å². The van der Waals surface area contributed by atoms with Gasteiger partial charge in [0.1, 0.15) is 0 Å². The van der Waals surface area contributed by atoms with Crippen molar-refractivity contribution in [3.8, 4) is 0 Å². The molecule has 0 bridgehead atoms. The Morgan fingerprint density at radius 3 is 3.29 bits per heavy atom. The highest BCUT2D eigenvalue weighted by Gasteiger charge is 2.26. The molecule has 1 heterocycles. The fourth-order valence-corrected chi connectivity index (χ4v) is 3.29. The van der Waals surface area contributed by atoms with E-state index in [-0.39, 0.29) is 17.9 Å². The number of carbonyl (C=O) groups is 1. The second-order valence-electron chi connectivity index (χ2n) is 4.80. The third-order valence-electron chi connectivity index (χ3n) is 3.27. The first-order chi connectivity index (χ1) is 8.18. The highest BCUT2D eigenvalue weighted by Crippen LogP contribution is 2.34. The first kappa shape index (κ1) is 12.6. The summed E-state index contributed by atoms with van der Waals surface area (Å²) in [4.78, 5) is 13.5. The quantitative estimate of drug-likeness (QED) is 0.861. The van der Waals surface area contributed by atoms with Crippen molar-refractivity contribution in [3.05, 3.63) is 21.9 Å². The Hall–Kier alpha value is -0.870. The van der Waals surface area contributed by atoms with Gasteiger partial charge >= 0.3 is 0 Å². The Morgan fingerprint density at radius 1 is 1.71 bits per heavy atom. The zero-order valence-electron chi connectivity index (χ0n) is 10.2. The Balaban J connectivity index is 1.93. The smallest absolute Gasteiger partial charge is 0.227 e. The van der Waals surface area contributed by atoms with Gasteiger partial charge in [0.2, 0.25) is 5.91 Å². The Labute approximate surface area is 106 Å². The lowest BCUT2D eigenvalue weighted by molar-refractivity contribution is -0.122. The molecule has 1 amide bonds. The summed E-state index contributed by atoms with van der Waals surface area (Å²) >= 11 is 1.78. The zero-order valence-corrected chi connectivity index (χ0v) is 11.1. The van der Waals surface area contributed by atoms with E-state index in [0.29, 0.717) is 6.54 Å². The molecule has 2 rings (SSSR count). The standard InChI is InChI=1S/C13H20N2OS/c1-9(14)5-7-15-13(16)11-3-2-4-12-10(11)6-8-17-12/h6,8-9,11H,2-5,7,14H2,1H3,(H,15,16). The molecule has 94 valence electrons. The van der Waals surface area contributed by atoms with Gasteiger partial charge in [-0.1, -0.05) is 0 Å². The van der Waals surface area contributed by atoms with Gasteiger partial charge in [0.05, 0.1) is 5.92 Å². The molecular formula is C13H20N2OS. The van der Waals surface area contributed by atoms with Gasteiger partial charge in [-0.3, -0.25) is 4.79 Å². The van der Waals surface area contributed by atoms with Crippen LogP contribution in [0.2, 0.25) is 0 Å². The topological polar surface area (TPSA) is 55.1 Å². The average molecular weight is 252 g/mol. The van der Waals surface area contributed by atoms with Crippen molar-refractivity contribution in [1.82, 2.24) is 5.32 Å². The summed E-state index contributed by atoms with van der Waals surface area (Å²) in [7, 11) is 0. The van der Waals surface area contributed by atoms with Gasteiger partial charge in [0, 0.05) is 17.5 Å². The molecule has 0 spiro atoms. The van der Waals surface area contributed by atoms with Crippen molar-refractivity contribution in [1.29, 1.82) is 0 Å². The molecular weight excluding hydrogens is 232 g/mol. The fourth-order valence-electron chi connectivity index (χ4n) is 2.31. The monoisotopic (exact) mass is 252 g/mol. The molecule has 2 atom stereocenters. The predicted octanol–water partition coefficient (Wildman–Crippen LogP) is 2.02. The van der Waals surface area contributed by atoms with Crippen LogP contribution in [-0.4, -0.2) is 18.5 Å². The minimum Gasteiger partial charge on any atom is -0.356 e. The predicted molar refractivity (Wildman–Crippen MR) is 71.3 cm³/mol. The van der Waals surface area contributed by atoms with E-state index in [4.69, 9.17) is 5.73 Å².